The third-order valence-corrected chi connectivity index (χ3v) is 2.26. The Morgan fingerprint density at radius 2 is 2.27 bits per heavy atom. The summed E-state index contributed by atoms with van der Waals surface area (Å²) in [6.07, 6.45) is 8.14. The van der Waals surface area contributed by atoms with E-state index in [1.807, 2.05) is 6.92 Å². The highest BCUT2D eigenvalue weighted by Gasteiger charge is 2.11. The fourth-order valence-electron chi connectivity index (χ4n) is 1.56. The quantitative estimate of drug-likeness (QED) is 0.764. The molecule has 0 aromatic carbocycles. The van der Waals surface area contributed by atoms with Gasteiger partial charge in [-0.05, 0) is 19.8 Å². The topological polar surface area (TPSA) is 47.0 Å². The normalized spacial score (nSPS) is 15.5. The second kappa shape index (κ2) is 4.77. The summed E-state index contributed by atoms with van der Waals surface area (Å²) < 4.78 is 5.30. The summed E-state index contributed by atoms with van der Waals surface area (Å²) in [4.78, 5) is 8.41. The Balaban J connectivity index is 1.98. The molecule has 1 heterocycles. The van der Waals surface area contributed by atoms with E-state index >= 15 is 0 Å². The minimum atomic E-state index is 0.432. The monoisotopic (exact) mass is 205 g/mol. The third-order valence-electron chi connectivity index (χ3n) is 2.26. The molecule has 0 saturated heterocycles. The van der Waals surface area contributed by atoms with Crippen molar-refractivity contribution in [2.75, 3.05) is 11.9 Å². The Kier molecular flexibility index (Phi) is 3.17. The number of ether oxygens (including phenoxy) is 1. The van der Waals surface area contributed by atoms with Crippen molar-refractivity contribution in [3.8, 4) is 5.88 Å². The molecule has 1 N–H and O–H groups in total. The van der Waals surface area contributed by atoms with Gasteiger partial charge in [-0.1, -0.05) is 12.2 Å². The minimum Gasteiger partial charge on any atom is -0.478 e. The van der Waals surface area contributed by atoms with E-state index in [-0.39, 0.29) is 0 Å². The number of rotatable bonds is 4. The minimum absolute atomic E-state index is 0.432. The molecule has 1 aromatic heterocycles. The number of nitrogens with one attached hydrogen (secondary N) is 1. The maximum atomic E-state index is 5.30. The summed E-state index contributed by atoms with van der Waals surface area (Å²) in [5.41, 5.74) is 0. The Labute approximate surface area is 89.4 Å². The summed E-state index contributed by atoms with van der Waals surface area (Å²) in [5.74, 6) is 1.27. The van der Waals surface area contributed by atoms with Crippen molar-refractivity contribution >= 4 is 5.95 Å². The van der Waals surface area contributed by atoms with Crippen molar-refractivity contribution in [3.05, 3.63) is 24.4 Å². The molecule has 1 aromatic rings. The van der Waals surface area contributed by atoms with Crippen LogP contribution in [0.5, 0.6) is 5.88 Å². The van der Waals surface area contributed by atoms with Crippen molar-refractivity contribution in [2.45, 2.75) is 25.8 Å². The maximum absolute atomic E-state index is 5.30. The smallest absolute Gasteiger partial charge is 0.226 e. The van der Waals surface area contributed by atoms with E-state index < -0.39 is 0 Å². The SMILES string of the molecule is CCOc1ccnc(NC2CC=CC2)n1. The van der Waals surface area contributed by atoms with E-state index in [0.717, 1.165) is 12.8 Å². The van der Waals surface area contributed by atoms with E-state index in [4.69, 9.17) is 4.74 Å². The molecule has 0 bridgehead atoms. The number of anilines is 1. The molecule has 15 heavy (non-hydrogen) atoms. The van der Waals surface area contributed by atoms with Crippen LogP contribution >= 0.6 is 0 Å². The van der Waals surface area contributed by atoms with Crippen LogP contribution in [0, 0.1) is 0 Å². The van der Waals surface area contributed by atoms with Gasteiger partial charge in [0.1, 0.15) is 0 Å². The first-order valence-corrected chi connectivity index (χ1v) is 5.26. The van der Waals surface area contributed by atoms with Gasteiger partial charge in [0.15, 0.2) is 0 Å². The van der Waals surface area contributed by atoms with Crippen molar-refractivity contribution < 1.29 is 4.74 Å². The molecule has 0 fully saturated rings. The van der Waals surface area contributed by atoms with Gasteiger partial charge in [-0.2, -0.15) is 4.98 Å². The molecule has 0 unspecified atom stereocenters. The number of nitrogens with zero attached hydrogens (tertiary/aromatic N) is 2. The van der Waals surface area contributed by atoms with Crippen molar-refractivity contribution in [1.82, 2.24) is 9.97 Å². The lowest BCUT2D eigenvalue weighted by molar-refractivity contribution is 0.326. The van der Waals surface area contributed by atoms with Gasteiger partial charge >= 0.3 is 0 Å². The lowest BCUT2D eigenvalue weighted by Crippen LogP contribution is -2.17. The molecule has 0 radical (unpaired) electrons. The molecule has 0 spiro atoms. The number of hydrogen-bond acceptors (Lipinski definition) is 4. The Morgan fingerprint density at radius 1 is 1.47 bits per heavy atom. The molecule has 0 atom stereocenters. The summed E-state index contributed by atoms with van der Waals surface area (Å²) >= 11 is 0. The van der Waals surface area contributed by atoms with E-state index in [2.05, 4.69) is 27.4 Å². The highest BCUT2D eigenvalue weighted by molar-refractivity contribution is 5.30. The van der Waals surface area contributed by atoms with Crippen LogP contribution in [0.15, 0.2) is 24.4 Å². The van der Waals surface area contributed by atoms with E-state index in [1.165, 1.54) is 0 Å². The van der Waals surface area contributed by atoms with Crippen LogP contribution in [0.3, 0.4) is 0 Å². The van der Waals surface area contributed by atoms with Crippen LogP contribution in [0.25, 0.3) is 0 Å². The van der Waals surface area contributed by atoms with Crippen LogP contribution in [-0.2, 0) is 0 Å². The highest BCUT2D eigenvalue weighted by atomic mass is 16.5. The largest absolute Gasteiger partial charge is 0.478 e. The fraction of sp³-hybridized carbons (Fsp3) is 0.455. The van der Waals surface area contributed by atoms with Gasteiger partial charge in [0.05, 0.1) is 6.61 Å². The van der Waals surface area contributed by atoms with E-state index in [0.29, 0.717) is 24.5 Å². The van der Waals surface area contributed by atoms with Gasteiger partial charge in [-0.15, -0.1) is 0 Å². The standard InChI is InChI=1S/C11H15N3O/c1-2-15-10-7-8-12-11(14-10)13-9-5-3-4-6-9/h3-4,7-9H,2,5-6H2,1H3,(H,12,13,14). The molecule has 4 heteroatoms. The van der Waals surface area contributed by atoms with Gasteiger partial charge in [0.25, 0.3) is 0 Å². The Hall–Kier alpha value is -1.58. The third kappa shape index (κ3) is 2.68. The number of aromatic nitrogens is 2. The van der Waals surface area contributed by atoms with Gasteiger partial charge in [-0.3, -0.25) is 0 Å². The van der Waals surface area contributed by atoms with Crippen LogP contribution in [-0.4, -0.2) is 22.6 Å². The summed E-state index contributed by atoms with van der Waals surface area (Å²) in [7, 11) is 0. The average molecular weight is 205 g/mol. The molecule has 0 aliphatic heterocycles. The molecule has 2 rings (SSSR count). The van der Waals surface area contributed by atoms with E-state index in [9.17, 15) is 0 Å². The average Bonchev–Trinajstić information content (AvgIpc) is 2.71. The van der Waals surface area contributed by atoms with Gasteiger partial charge in [0.2, 0.25) is 11.8 Å². The van der Waals surface area contributed by atoms with Crippen molar-refractivity contribution in [2.24, 2.45) is 0 Å². The maximum Gasteiger partial charge on any atom is 0.226 e. The molecule has 0 amide bonds. The first kappa shape index (κ1) is 9.96. The summed E-state index contributed by atoms with van der Waals surface area (Å²) in [6, 6.07) is 2.20. The molecule has 4 nitrogen and oxygen atoms in total. The first-order chi connectivity index (χ1) is 7.38. The molecule has 1 aliphatic rings. The molecule has 80 valence electrons. The zero-order valence-electron chi connectivity index (χ0n) is 8.81. The van der Waals surface area contributed by atoms with Crippen molar-refractivity contribution in [1.29, 1.82) is 0 Å². The van der Waals surface area contributed by atoms with Crippen LogP contribution in [0.1, 0.15) is 19.8 Å². The lowest BCUT2D eigenvalue weighted by Gasteiger charge is -2.12. The molecular weight excluding hydrogens is 190 g/mol. The predicted molar refractivity (Wildman–Crippen MR) is 59.0 cm³/mol. The van der Waals surface area contributed by atoms with Gasteiger partial charge in [0, 0.05) is 18.3 Å². The van der Waals surface area contributed by atoms with Gasteiger partial charge < -0.3 is 10.1 Å². The van der Waals surface area contributed by atoms with Crippen LogP contribution in [0.4, 0.5) is 5.95 Å². The second-order valence-electron chi connectivity index (χ2n) is 3.44. The molecular formula is C11H15N3O. The predicted octanol–water partition coefficient (Wildman–Crippen LogP) is 2.01. The van der Waals surface area contributed by atoms with Gasteiger partial charge in [-0.25, -0.2) is 4.98 Å². The Bertz CT molecular complexity index is 343. The zero-order chi connectivity index (χ0) is 10.5. The molecule has 0 saturated carbocycles. The van der Waals surface area contributed by atoms with Crippen LogP contribution < -0.4 is 10.1 Å². The highest BCUT2D eigenvalue weighted by Crippen LogP contribution is 2.15. The van der Waals surface area contributed by atoms with E-state index in [1.54, 1.807) is 12.3 Å². The van der Waals surface area contributed by atoms with Crippen LogP contribution in [0.2, 0.25) is 0 Å². The summed E-state index contributed by atoms with van der Waals surface area (Å²) in [5, 5.41) is 3.27. The fourth-order valence-corrected chi connectivity index (χ4v) is 1.56. The van der Waals surface area contributed by atoms with Crippen molar-refractivity contribution in [3.63, 3.8) is 0 Å². The summed E-state index contributed by atoms with van der Waals surface area (Å²) in [6.45, 7) is 2.57. The Morgan fingerprint density at radius 3 is 3.00 bits per heavy atom. The molecule has 1 aliphatic carbocycles. The second-order valence-corrected chi connectivity index (χ2v) is 3.44. The zero-order valence-corrected chi connectivity index (χ0v) is 8.81. The first-order valence-electron chi connectivity index (χ1n) is 5.26. The number of hydrogen-bond donors (Lipinski definition) is 1. The lowest BCUT2D eigenvalue weighted by atomic mass is 10.2.